The summed E-state index contributed by atoms with van der Waals surface area (Å²) in [5.41, 5.74) is 5.46. The predicted molar refractivity (Wildman–Crippen MR) is 115 cm³/mol. The molecule has 28 heavy (non-hydrogen) atoms. The highest BCUT2D eigenvalue weighted by atomic mass is 35.5. The molecule has 7 heteroatoms. The minimum atomic E-state index is -0.104. The Hall–Kier alpha value is -1.92. The number of hydrazone groups is 1. The van der Waals surface area contributed by atoms with Gasteiger partial charge in [0.05, 0.1) is 12.3 Å². The molecule has 5 nitrogen and oxygen atoms in total. The van der Waals surface area contributed by atoms with E-state index in [0.717, 1.165) is 54.6 Å². The van der Waals surface area contributed by atoms with Crippen LogP contribution in [0.4, 0.5) is 0 Å². The number of hydrogen-bond acceptors (Lipinski definition) is 4. The summed E-state index contributed by atoms with van der Waals surface area (Å²) < 4.78 is 0. The van der Waals surface area contributed by atoms with Crippen molar-refractivity contribution in [1.29, 1.82) is 0 Å². The van der Waals surface area contributed by atoms with Crippen molar-refractivity contribution in [3.05, 3.63) is 69.7 Å². The van der Waals surface area contributed by atoms with E-state index in [0.29, 0.717) is 11.6 Å². The fourth-order valence-electron chi connectivity index (χ4n) is 3.11. The minimum absolute atomic E-state index is 0.104. The number of halogens is 2. The summed E-state index contributed by atoms with van der Waals surface area (Å²) in [6, 6.07) is 15.3. The fourth-order valence-corrected chi connectivity index (χ4v) is 3.43. The third kappa shape index (κ3) is 6.04. The maximum atomic E-state index is 12.2. The highest BCUT2D eigenvalue weighted by Gasteiger charge is 2.19. The molecule has 1 aliphatic heterocycles. The molecule has 0 bridgehead atoms. The van der Waals surface area contributed by atoms with Crippen molar-refractivity contribution in [1.82, 2.24) is 15.2 Å². The van der Waals surface area contributed by atoms with Gasteiger partial charge in [0.2, 0.25) is 0 Å². The van der Waals surface area contributed by atoms with Crippen LogP contribution in [-0.4, -0.2) is 54.1 Å². The number of hydrogen-bond donors (Lipinski definition) is 1. The number of benzene rings is 2. The normalized spacial score (nSPS) is 16.2. The molecule has 1 fully saturated rings. The molecule has 0 saturated carbocycles. The monoisotopic (exact) mass is 418 g/mol. The molecule has 2 aromatic carbocycles. The lowest BCUT2D eigenvalue weighted by Gasteiger charge is -2.34. The molecule has 0 atom stereocenters. The lowest BCUT2D eigenvalue weighted by atomic mass is 10.1. The summed E-state index contributed by atoms with van der Waals surface area (Å²) in [7, 11) is 0. The maximum Gasteiger partial charge on any atom is 0.254 e. The van der Waals surface area contributed by atoms with Crippen molar-refractivity contribution in [2.24, 2.45) is 5.10 Å². The Labute approximate surface area is 175 Å². The first kappa shape index (κ1) is 20.8. The number of rotatable bonds is 6. The molecule has 0 unspecified atom stereocenters. The van der Waals surface area contributed by atoms with E-state index in [1.165, 1.54) is 0 Å². The molecule has 0 spiro atoms. The van der Waals surface area contributed by atoms with E-state index in [1.807, 2.05) is 37.3 Å². The van der Waals surface area contributed by atoms with Crippen molar-refractivity contribution in [3.8, 4) is 0 Å². The van der Waals surface area contributed by atoms with Gasteiger partial charge in [-0.25, -0.2) is 5.43 Å². The second-order valence-corrected chi connectivity index (χ2v) is 7.73. The van der Waals surface area contributed by atoms with Crippen LogP contribution in [0, 0.1) is 0 Å². The van der Waals surface area contributed by atoms with Gasteiger partial charge < -0.3 is 0 Å². The Balaban J connectivity index is 1.43. The fraction of sp³-hybridized carbons (Fsp3) is 0.333. The first-order valence-electron chi connectivity index (χ1n) is 9.28. The largest absolute Gasteiger partial charge is 0.296 e. The van der Waals surface area contributed by atoms with Gasteiger partial charge in [0, 0.05) is 42.8 Å². The van der Waals surface area contributed by atoms with Gasteiger partial charge in [0.15, 0.2) is 0 Å². The average molecular weight is 419 g/mol. The topological polar surface area (TPSA) is 47.9 Å². The second kappa shape index (κ2) is 10.0. The number of nitrogens with one attached hydrogen (secondary N) is 1. The molecular weight excluding hydrogens is 395 g/mol. The van der Waals surface area contributed by atoms with Crippen LogP contribution in [0.1, 0.15) is 18.1 Å². The molecule has 1 saturated heterocycles. The summed E-state index contributed by atoms with van der Waals surface area (Å²) >= 11 is 12.1. The summed E-state index contributed by atoms with van der Waals surface area (Å²) in [6.45, 7) is 6.55. The number of nitrogens with zero attached hydrogens (tertiary/aromatic N) is 3. The lowest BCUT2D eigenvalue weighted by molar-refractivity contribution is -0.122. The maximum absolute atomic E-state index is 12.2. The van der Waals surface area contributed by atoms with Gasteiger partial charge in [-0.15, -0.1) is 0 Å². The van der Waals surface area contributed by atoms with Crippen LogP contribution in [0.25, 0.3) is 0 Å². The Morgan fingerprint density at radius 3 is 2.32 bits per heavy atom. The van der Waals surface area contributed by atoms with E-state index in [1.54, 1.807) is 12.1 Å². The Kier molecular flexibility index (Phi) is 7.45. The van der Waals surface area contributed by atoms with E-state index in [9.17, 15) is 4.79 Å². The van der Waals surface area contributed by atoms with E-state index in [2.05, 4.69) is 26.4 Å². The van der Waals surface area contributed by atoms with Crippen LogP contribution in [0.5, 0.6) is 0 Å². The Morgan fingerprint density at radius 1 is 1.00 bits per heavy atom. The summed E-state index contributed by atoms with van der Waals surface area (Å²) in [6.07, 6.45) is 0. The standard InChI is InChI=1S/C21H24Cl2N4O/c1-16(17-6-8-19(22)9-7-17)24-25-21(28)15-27-12-10-26(11-13-27)14-18-4-2-3-5-20(18)23/h2-9H,10-15H2,1H3,(H,25,28)/b24-16-. The van der Waals surface area contributed by atoms with Crippen molar-refractivity contribution >= 4 is 34.8 Å². The second-order valence-electron chi connectivity index (χ2n) is 6.88. The van der Waals surface area contributed by atoms with E-state index in [4.69, 9.17) is 23.2 Å². The third-order valence-corrected chi connectivity index (χ3v) is 5.41. The smallest absolute Gasteiger partial charge is 0.254 e. The molecule has 2 aromatic rings. The highest BCUT2D eigenvalue weighted by Crippen LogP contribution is 2.17. The summed E-state index contributed by atoms with van der Waals surface area (Å²) in [5, 5.41) is 5.67. The molecular formula is C21H24Cl2N4O. The summed E-state index contributed by atoms with van der Waals surface area (Å²) in [5.74, 6) is -0.104. The predicted octanol–water partition coefficient (Wildman–Crippen LogP) is 3.65. The number of amides is 1. The minimum Gasteiger partial charge on any atom is -0.296 e. The molecule has 3 rings (SSSR count). The first-order chi connectivity index (χ1) is 13.5. The third-order valence-electron chi connectivity index (χ3n) is 4.79. The molecule has 1 amide bonds. The van der Waals surface area contributed by atoms with Gasteiger partial charge in [0.1, 0.15) is 0 Å². The zero-order chi connectivity index (χ0) is 19.9. The van der Waals surface area contributed by atoms with Crippen LogP contribution in [0.3, 0.4) is 0 Å². The van der Waals surface area contributed by atoms with Gasteiger partial charge in [0.25, 0.3) is 5.91 Å². The molecule has 1 N–H and O–H groups in total. The summed E-state index contributed by atoms with van der Waals surface area (Å²) in [4.78, 5) is 16.7. The van der Waals surface area contributed by atoms with E-state index < -0.39 is 0 Å². The van der Waals surface area contributed by atoms with Crippen molar-refractivity contribution < 1.29 is 4.79 Å². The lowest BCUT2D eigenvalue weighted by Crippen LogP contribution is -2.48. The van der Waals surface area contributed by atoms with Gasteiger partial charge in [-0.3, -0.25) is 14.6 Å². The van der Waals surface area contributed by atoms with Crippen molar-refractivity contribution in [2.45, 2.75) is 13.5 Å². The quantitative estimate of drug-likeness (QED) is 0.575. The van der Waals surface area contributed by atoms with Crippen LogP contribution in [0.15, 0.2) is 53.6 Å². The molecule has 1 heterocycles. The van der Waals surface area contributed by atoms with Crippen LogP contribution >= 0.6 is 23.2 Å². The van der Waals surface area contributed by atoms with E-state index >= 15 is 0 Å². The zero-order valence-corrected chi connectivity index (χ0v) is 17.4. The highest BCUT2D eigenvalue weighted by molar-refractivity contribution is 6.31. The zero-order valence-electron chi connectivity index (χ0n) is 15.9. The SMILES string of the molecule is C/C(=N/NC(=O)CN1CCN(Cc2ccccc2Cl)CC1)c1ccc(Cl)cc1. The average Bonchev–Trinajstić information content (AvgIpc) is 2.70. The van der Waals surface area contributed by atoms with Crippen LogP contribution in [0.2, 0.25) is 10.0 Å². The first-order valence-corrected chi connectivity index (χ1v) is 10.0. The Morgan fingerprint density at radius 2 is 1.64 bits per heavy atom. The van der Waals surface area contributed by atoms with Crippen LogP contribution < -0.4 is 5.43 Å². The van der Waals surface area contributed by atoms with Gasteiger partial charge in [-0.05, 0) is 36.2 Å². The van der Waals surface area contributed by atoms with Gasteiger partial charge >= 0.3 is 0 Å². The molecule has 0 aliphatic carbocycles. The number of piperazine rings is 1. The molecule has 0 radical (unpaired) electrons. The van der Waals surface area contributed by atoms with Crippen LogP contribution in [-0.2, 0) is 11.3 Å². The number of carbonyl (C=O) groups excluding carboxylic acids is 1. The number of carbonyl (C=O) groups is 1. The van der Waals surface area contributed by atoms with Gasteiger partial charge in [-0.2, -0.15) is 5.10 Å². The van der Waals surface area contributed by atoms with E-state index in [-0.39, 0.29) is 5.91 Å². The molecule has 0 aromatic heterocycles. The Bertz CT molecular complexity index is 831. The molecule has 1 aliphatic rings. The molecule has 148 valence electrons. The van der Waals surface area contributed by atoms with Crippen molar-refractivity contribution in [2.75, 3.05) is 32.7 Å². The van der Waals surface area contributed by atoms with Gasteiger partial charge in [-0.1, -0.05) is 53.5 Å². The van der Waals surface area contributed by atoms with Crippen molar-refractivity contribution in [3.63, 3.8) is 0 Å².